The molecule has 1 fully saturated rings. The van der Waals surface area contributed by atoms with Crippen LogP contribution in [-0.4, -0.2) is 29.1 Å². The summed E-state index contributed by atoms with van der Waals surface area (Å²) in [5, 5.41) is 0. The van der Waals surface area contributed by atoms with Crippen molar-refractivity contribution in [1.29, 1.82) is 0 Å². The summed E-state index contributed by atoms with van der Waals surface area (Å²) in [4.78, 5) is 2.54. The molecule has 0 radical (unpaired) electrons. The molecule has 0 aromatic rings. The molecule has 1 saturated heterocycles. The molecule has 0 bridgehead atoms. The second-order valence-corrected chi connectivity index (χ2v) is 5.13. The Hall–Kier alpha value is -0.0800. The average molecular weight is 170 g/mol. The molecule has 0 saturated carbocycles. The third-order valence-electron chi connectivity index (χ3n) is 3.00. The van der Waals surface area contributed by atoms with Gasteiger partial charge in [0.05, 0.1) is 0 Å². The van der Waals surface area contributed by atoms with Crippen molar-refractivity contribution in [3.63, 3.8) is 0 Å². The van der Waals surface area contributed by atoms with Crippen molar-refractivity contribution in [3.8, 4) is 0 Å². The summed E-state index contributed by atoms with van der Waals surface area (Å²) in [5.74, 6) is 0. The van der Waals surface area contributed by atoms with Gasteiger partial charge in [0.25, 0.3) is 0 Å². The van der Waals surface area contributed by atoms with Gasteiger partial charge in [0.1, 0.15) is 0 Å². The Balaban J connectivity index is 2.77. The fourth-order valence-electron chi connectivity index (χ4n) is 2.38. The summed E-state index contributed by atoms with van der Waals surface area (Å²) in [7, 11) is 0. The van der Waals surface area contributed by atoms with E-state index in [0.717, 1.165) is 6.54 Å². The van der Waals surface area contributed by atoms with E-state index in [9.17, 15) is 0 Å². The van der Waals surface area contributed by atoms with Gasteiger partial charge in [0, 0.05) is 17.6 Å². The van der Waals surface area contributed by atoms with E-state index in [4.69, 9.17) is 5.73 Å². The van der Waals surface area contributed by atoms with Gasteiger partial charge in [-0.1, -0.05) is 0 Å². The molecule has 72 valence electrons. The third-order valence-corrected chi connectivity index (χ3v) is 3.00. The van der Waals surface area contributed by atoms with Crippen LogP contribution in [0.3, 0.4) is 0 Å². The third kappa shape index (κ3) is 1.64. The van der Waals surface area contributed by atoms with Crippen LogP contribution in [0.5, 0.6) is 0 Å². The fraction of sp³-hybridized carbons (Fsp3) is 1.00. The Morgan fingerprint density at radius 3 is 2.33 bits per heavy atom. The summed E-state index contributed by atoms with van der Waals surface area (Å²) in [6.07, 6.45) is 2.55. The number of rotatable bonds is 1. The van der Waals surface area contributed by atoms with Crippen molar-refractivity contribution >= 4 is 0 Å². The predicted octanol–water partition coefficient (Wildman–Crippen LogP) is 1.60. The second-order valence-electron chi connectivity index (χ2n) is 5.13. The molecular formula is C10H22N2. The van der Waals surface area contributed by atoms with Crippen molar-refractivity contribution < 1.29 is 0 Å². The zero-order valence-corrected chi connectivity index (χ0v) is 8.85. The maximum Gasteiger partial charge on any atom is 0.0309 e. The fourth-order valence-corrected chi connectivity index (χ4v) is 2.38. The molecule has 0 aliphatic carbocycles. The van der Waals surface area contributed by atoms with E-state index in [1.807, 2.05) is 0 Å². The number of likely N-dealkylation sites (tertiary alicyclic amines) is 1. The number of nitrogens with two attached hydrogens (primary N) is 1. The summed E-state index contributed by atoms with van der Waals surface area (Å²) in [5.41, 5.74) is 6.33. The van der Waals surface area contributed by atoms with E-state index in [1.165, 1.54) is 19.4 Å². The normalized spacial score (nSPS) is 32.8. The zero-order chi connectivity index (χ0) is 9.41. The minimum absolute atomic E-state index is 0.248. The Bertz CT molecular complexity index is 160. The standard InChI is InChI=1S/C10H22N2/c1-9(2,3)12-7-5-6-10(12,4)8-11/h5-8,11H2,1-4H3/t10-/m0/s1. The summed E-state index contributed by atoms with van der Waals surface area (Å²) < 4.78 is 0. The Labute approximate surface area is 76.1 Å². The van der Waals surface area contributed by atoms with Gasteiger partial charge in [-0.25, -0.2) is 0 Å². The first-order valence-corrected chi connectivity index (χ1v) is 4.88. The van der Waals surface area contributed by atoms with E-state index in [2.05, 4.69) is 32.6 Å². The molecule has 0 amide bonds. The van der Waals surface area contributed by atoms with E-state index in [0.29, 0.717) is 0 Å². The highest BCUT2D eigenvalue weighted by atomic mass is 15.3. The first-order chi connectivity index (χ1) is 5.40. The maximum atomic E-state index is 5.81. The topological polar surface area (TPSA) is 29.3 Å². The molecule has 0 aromatic carbocycles. The Morgan fingerprint density at radius 2 is 2.00 bits per heavy atom. The molecule has 1 aliphatic rings. The lowest BCUT2D eigenvalue weighted by molar-refractivity contribution is 0.0612. The molecule has 0 unspecified atom stereocenters. The van der Waals surface area contributed by atoms with Crippen LogP contribution >= 0.6 is 0 Å². The molecule has 0 spiro atoms. The maximum absolute atomic E-state index is 5.81. The molecule has 2 N–H and O–H groups in total. The average Bonchev–Trinajstić information content (AvgIpc) is 2.31. The molecule has 1 aliphatic heterocycles. The van der Waals surface area contributed by atoms with Gasteiger partial charge in [-0.2, -0.15) is 0 Å². The predicted molar refractivity (Wildman–Crippen MR) is 53.2 cm³/mol. The number of nitrogens with zero attached hydrogens (tertiary/aromatic N) is 1. The van der Waals surface area contributed by atoms with Gasteiger partial charge < -0.3 is 5.73 Å². The minimum Gasteiger partial charge on any atom is -0.329 e. The quantitative estimate of drug-likeness (QED) is 0.647. The van der Waals surface area contributed by atoms with E-state index < -0.39 is 0 Å². The zero-order valence-electron chi connectivity index (χ0n) is 8.85. The largest absolute Gasteiger partial charge is 0.329 e. The smallest absolute Gasteiger partial charge is 0.0309 e. The van der Waals surface area contributed by atoms with E-state index in [-0.39, 0.29) is 11.1 Å². The lowest BCUT2D eigenvalue weighted by Gasteiger charge is -2.43. The van der Waals surface area contributed by atoms with Crippen LogP contribution in [0.25, 0.3) is 0 Å². The van der Waals surface area contributed by atoms with Crippen LogP contribution in [-0.2, 0) is 0 Å². The summed E-state index contributed by atoms with van der Waals surface area (Å²) >= 11 is 0. The van der Waals surface area contributed by atoms with Crippen LogP contribution in [0, 0.1) is 0 Å². The molecular weight excluding hydrogens is 148 g/mol. The van der Waals surface area contributed by atoms with Crippen LogP contribution in [0.4, 0.5) is 0 Å². The van der Waals surface area contributed by atoms with E-state index >= 15 is 0 Å². The van der Waals surface area contributed by atoms with Crippen molar-refractivity contribution in [2.75, 3.05) is 13.1 Å². The van der Waals surface area contributed by atoms with Gasteiger partial charge in [0.2, 0.25) is 0 Å². The first kappa shape index (κ1) is 10.0. The van der Waals surface area contributed by atoms with Crippen LogP contribution in [0.15, 0.2) is 0 Å². The van der Waals surface area contributed by atoms with Crippen LogP contribution in [0.2, 0.25) is 0 Å². The SMILES string of the molecule is CC(C)(C)N1CCC[C@@]1(C)CN. The highest BCUT2D eigenvalue weighted by Crippen LogP contribution is 2.34. The monoisotopic (exact) mass is 170 g/mol. The van der Waals surface area contributed by atoms with Crippen molar-refractivity contribution in [3.05, 3.63) is 0 Å². The lowest BCUT2D eigenvalue weighted by Crippen LogP contribution is -2.55. The summed E-state index contributed by atoms with van der Waals surface area (Å²) in [6.45, 7) is 11.1. The number of hydrogen-bond donors (Lipinski definition) is 1. The Morgan fingerprint density at radius 1 is 1.42 bits per heavy atom. The van der Waals surface area contributed by atoms with Crippen LogP contribution in [0.1, 0.15) is 40.5 Å². The second kappa shape index (κ2) is 3.00. The summed E-state index contributed by atoms with van der Waals surface area (Å²) in [6, 6.07) is 0. The van der Waals surface area contributed by atoms with Gasteiger partial charge in [-0.3, -0.25) is 4.90 Å². The highest BCUT2D eigenvalue weighted by molar-refractivity contribution is 4.98. The lowest BCUT2D eigenvalue weighted by atomic mass is 9.94. The van der Waals surface area contributed by atoms with Gasteiger partial charge in [-0.15, -0.1) is 0 Å². The molecule has 1 heterocycles. The minimum atomic E-state index is 0.248. The molecule has 1 atom stereocenters. The van der Waals surface area contributed by atoms with Crippen molar-refractivity contribution in [2.24, 2.45) is 5.73 Å². The van der Waals surface area contributed by atoms with Gasteiger partial charge in [0.15, 0.2) is 0 Å². The molecule has 1 rings (SSSR count). The van der Waals surface area contributed by atoms with Crippen molar-refractivity contribution in [2.45, 2.75) is 51.6 Å². The molecule has 12 heavy (non-hydrogen) atoms. The van der Waals surface area contributed by atoms with E-state index in [1.54, 1.807) is 0 Å². The van der Waals surface area contributed by atoms with Gasteiger partial charge >= 0.3 is 0 Å². The van der Waals surface area contributed by atoms with Crippen LogP contribution < -0.4 is 5.73 Å². The number of hydrogen-bond acceptors (Lipinski definition) is 2. The van der Waals surface area contributed by atoms with Gasteiger partial charge in [-0.05, 0) is 47.1 Å². The van der Waals surface area contributed by atoms with Crippen molar-refractivity contribution in [1.82, 2.24) is 4.90 Å². The molecule has 2 heteroatoms. The first-order valence-electron chi connectivity index (χ1n) is 4.88. The Kier molecular flexibility index (Phi) is 2.50. The highest BCUT2D eigenvalue weighted by Gasteiger charge is 2.40. The molecule has 2 nitrogen and oxygen atoms in total. The molecule has 0 aromatic heterocycles.